The monoisotopic (exact) mass is 342 g/mol. The molecule has 0 saturated carbocycles. The predicted octanol–water partition coefficient (Wildman–Crippen LogP) is 1.12. The molecular weight excluding hydrogens is 320 g/mol. The Morgan fingerprint density at radius 3 is 2.80 bits per heavy atom. The van der Waals surface area contributed by atoms with Gasteiger partial charge in [0.25, 0.3) is 0 Å². The minimum absolute atomic E-state index is 0.105. The SMILES string of the molecule is COc1nc(CNC(=O)Cc2cccnc2)nc(N2CCCCC2)n1. The summed E-state index contributed by atoms with van der Waals surface area (Å²) in [5.41, 5.74) is 0.863. The van der Waals surface area contributed by atoms with E-state index < -0.39 is 0 Å². The van der Waals surface area contributed by atoms with Crippen LogP contribution < -0.4 is 15.0 Å². The number of rotatable bonds is 6. The summed E-state index contributed by atoms with van der Waals surface area (Å²) < 4.78 is 5.18. The fourth-order valence-corrected chi connectivity index (χ4v) is 2.72. The van der Waals surface area contributed by atoms with Crippen molar-refractivity contribution in [3.05, 3.63) is 35.9 Å². The maximum absolute atomic E-state index is 12.1. The van der Waals surface area contributed by atoms with E-state index in [0.29, 0.717) is 11.8 Å². The number of pyridine rings is 1. The molecule has 3 rings (SSSR count). The molecule has 8 nitrogen and oxygen atoms in total. The van der Waals surface area contributed by atoms with Crippen molar-refractivity contribution in [2.45, 2.75) is 32.2 Å². The normalized spacial score (nSPS) is 14.2. The van der Waals surface area contributed by atoms with Crippen molar-refractivity contribution in [2.24, 2.45) is 0 Å². The highest BCUT2D eigenvalue weighted by atomic mass is 16.5. The van der Waals surface area contributed by atoms with Crippen LogP contribution in [0, 0.1) is 0 Å². The van der Waals surface area contributed by atoms with Gasteiger partial charge in [0, 0.05) is 25.5 Å². The molecule has 0 aromatic carbocycles. The van der Waals surface area contributed by atoms with Gasteiger partial charge in [0.05, 0.1) is 20.1 Å². The average molecular weight is 342 g/mol. The summed E-state index contributed by atoms with van der Waals surface area (Å²) in [6.07, 6.45) is 7.13. The Bertz CT molecular complexity index is 704. The van der Waals surface area contributed by atoms with Crippen LogP contribution in [0.4, 0.5) is 5.95 Å². The third-order valence-electron chi connectivity index (χ3n) is 4.00. The molecular formula is C17H22N6O2. The maximum atomic E-state index is 12.1. The number of hydrogen-bond donors (Lipinski definition) is 1. The van der Waals surface area contributed by atoms with Crippen LogP contribution in [0.5, 0.6) is 6.01 Å². The van der Waals surface area contributed by atoms with Gasteiger partial charge in [-0.1, -0.05) is 6.07 Å². The average Bonchev–Trinajstić information content (AvgIpc) is 2.67. The van der Waals surface area contributed by atoms with Gasteiger partial charge in [-0.3, -0.25) is 9.78 Å². The largest absolute Gasteiger partial charge is 0.467 e. The third-order valence-corrected chi connectivity index (χ3v) is 4.00. The van der Waals surface area contributed by atoms with Gasteiger partial charge in [0.15, 0.2) is 5.82 Å². The second-order valence-corrected chi connectivity index (χ2v) is 5.90. The van der Waals surface area contributed by atoms with Crippen LogP contribution >= 0.6 is 0 Å². The predicted molar refractivity (Wildman–Crippen MR) is 92.2 cm³/mol. The molecule has 2 aromatic heterocycles. The van der Waals surface area contributed by atoms with Gasteiger partial charge in [0.1, 0.15) is 0 Å². The highest BCUT2D eigenvalue weighted by molar-refractivity contribution is 5.78. The number of nitrogens with one attached hydrogen (secondary N) is 1. The number of methoxy groups -OCH3 is 1. The standard InChI is InChI=1S/C17H22N6O2/c1-25-17-21-14(20-16(22-17)23-8-3-2-4-9-23)12-19-15(24)10-13-6-5-7-18-11-13/h5-7,11H,2-4,8-10,12H2,1H3,(H,19,24). The van der Waals surface area contributed by atoms with Gasteiger partial charge in [-0.2, -0.15) is 15.0 Å². The Balaban J connectivity index is 1.63. The second-order valence-electron chi connectivity index (χ2n) is 5.90. The van der Waals surface area contributed by atoms with E-state index in [4.69, 9.17) is 4.74 Å². The van der Waals surface area contributed by atoms with Gasteiger partial charge in [-0.25, -0.2) is 0 Å². The minimum atomic E-state index is -0.105. The molecule has 0 radical (unpaired) electrons. The lowest BCUT2D eigenvalue weighted by molar-refractivity contribution is -0.120. The summed E-state index contributed by atoms with van der Waals surface area (Å²) in [7, 11) is 1.53. The van der Waals surface area contributed by atoms with Crippen molar-refractivity contribution in [2.75, 3.05) is 25.1 Å². The summed E-state index contributed by atoms with van der Waals surface area (Å²) in [6.45, 7) is 2.10. The van der Waals surface area contributed by atoms with E-state index in [1.54, 1.807) is 12.4 Å². The summed E-state index contributed by atoms with van der Waals surface area (Å²) >= 11 is 0. The number of hydrogen-bond acceptors (Lipinski definition) is 7. The fraction of sp³-hybridized carbons (Fsp3) is 0.471. The van der Waals surface area contributed by atoms with E-state index in [-0.39, 0.29) is 24.9 Å². The van der Waals surface area contributed by atoms with Crippen LogP contribution in [0.2, 0.25) is 0 Å². The molecule has 2 aromatic rings. The summed E-state index contributed by atoms with van der Waals surface area (Å²) in [5.74, 6) is 1.00. The zero-order valence-electron chi connectivity index (χ0n) is 14.3. The summed E-state index contributed by atoms with van der Waals surface area (Å²) in [6, 6.07) is 3.95. The zero-order valence-corrected chi connectivity index (χ0v) is 14.3. The quantitative estimate of drug-likeness (QED) is 0.841. The van der Waals surface area contributed by atoms with Crippen LogP contribution in [-0.4, -0.2) is 46.0 Å². The number of amides is 1. The molecule has 0 bridgehead atoms. The Labute approximate surface area is 146 Å². The molecule has 0 atom stereocenters. The summed E-state index contributed by atoms with van der Waals surface area (Å²) in [4.78, 5) is 31.3. The van der Waals surface area contributed by atoms with Crippen molar-refractivity contribution in [1.82, 2.24) is 25.3 Å². The number of aromatic nitrogens is 4. The van der Waals surface area contributed by atoms with E-state index in [9.17, 15) is 4.79 Å². The molecule has 3 heterocycles. The van der Waals surface area contributed by atoms with Crippen LogP contribution in [0.25, 0.3) is 0 Å². The fourth-order valence-electron chi connectivity index (χ4n) is 2.72. The molecule has 1 fully saturated rings. The van der Waals surface area contributed by atoms with E-state index in [1.807, 2.05) is 12.1 Å². The first-order valence-corrected chi connectivity index (χ1v) is 8.44. The Hall–Kier alpha value is -2.77. The Kier molecular flexibility index (Phi) is 5.71. The van der Waals surface area contributed by atoms with Crippen molar-refractivity contribution < 1.29 is 9.53 Å². The van der Waals surface area contributed by atoms with Crippen molar-refractivity contribution in [3.8, 4) is 6.01 Å². The number of nitrogens with zero attached hydrogens (tertiary/aromatic N) is 5. The van der Waals surface area contributed by atoms with Gasteiger partial charge in [0.2, 0.25) is 11.9 Å². The Morgan fingerprint density at radius 2 is 2.08 bits per heavy atom. The molecule has 25 heavy (non-hydrogen) atoms. The number of carbonyl (C=O) groups is 1. The van der Waals surface area contributed by atoms with Gasteiger partial charge >= 0.3 is 6.01 Å². The molecule has 0 aliphatic carbocycles. The lowest BCUT2D eigenvalue weighted by atomic mass is 10.1. The summed E-state index contributed by atoms with van der Waals surface area (Å²) in [5, 5.41) is 2.84. The maximum Gasteiger partial charge on any atom is 0.321 e. The first kappa shape index (κ1) is 17.1. The lowest BCUT2D eigenvalue weighted by Crippen LogP contribution is -2.32. The Morgan fingerprint density at radius 1 is 1.24 bits per heavy atom. The number of ether oxygens (including phenoxy) is 1. The lowest BCUT2D eigenvalue weighted by Gasteiger charge is -2.26. The number of anilines is 1. The third kappa shape index (κ3) is 4.85. The second kappa shape index (κ2) is 8.36. The van der Waals surface area contributed by atoms with Crippen LogP contribution in [0.3, 0.4) is 0 Å². The molecule has 0 spiro atoms. The highest BCUT2D eigenvalue weighted by Gasteiger charge is 2.16. The smallest absolute Gasteiger partial charge is 0.321 e. The first-order chi connectivity index (χ1) is 12.2. The van der Waals surface area contributed by atoms with Crippen LogP contribution in [0.15, 0.2) is 24.5 Å². The van der Waals surface area contributed by atoms with Crippen molar-refractivity contribution in [1.29, 1.82) is 0 Å². The van der Waals surface area contributed by atoms with E-state index >= 15 is 0 Å². The van der Waals surface area contributed by atoms with E-state index in [2.05, 4.69) is 30.2 Å². The van der Waals surface area contributed by atoms with Gasteiger partial charge in [-0.15, -0.1) is 0 Å². The van der Waals surface area contributed by atoms with Gasteiger partial charge in [-0.05, 0) is 30.9 Å². The zero-order chi connectivity index (χ0) is 17.5. The topological polar surface area (TPSA) is 93.1 Å². The van der Waals surface area contributed by atoms with Crippen LogP contribution in [0.1, 0.15) is 30.7 Å². The highest BCUT2D eigenvalue weighted by Crippen LogP contribution is 2.17. The van der Waals surface area contributed by atoms with Crippen molar-refractivity contribution in [3.63, 3.8) is 0 Å². The molecule has 1 saturated heterocycles. The molecule has 8 heteroatoms. The van der Waals surface area contributed by atoms with Crippen molar-refractivity contribution >= 4 is 11.9 Å². The molecule has 1 aliphatic heterocycles. The van der Waals surface area contributed by atoms with Crippen LogP contribution in [-0.2, 0) is 17.8 Å². The van der Waals surface area contributed by atoms with E-state index in [0.717, 1.165) is 31.5 Å². The van der Waals surface area contributed by atoms with Gasteiger partial charge < -0.3 is 15.0 Å². The molecule has 1 aliphatic rings. The number of piperidine rings is 1. The minimum Gasteiger partial charge on any atom is -0.467 e. The molecule has 0 unspecified atom stereocenters. The molecule has 1 N–H and O–H groups in total. The first-order valence-electron chi connectivity index (χ1n) is 8.44. The van der Waals surface area contributed by atoms with E-state index in [1.165, 1.54) is 13.5 Å². The molecule has 132 valence electrons. The molecule has 1 amide bonds. The number of carbonyl (C=O) groups excluding carboxylic acids is 1.